The highest BCUT2D eigenvalue weighted by atomic mass is 79.9. The van der Waals surface area contributed by atoms with Crippen LogP contribution in [0.2, 0.25) is 5.02 Å². The van der Waals surface area contributed by atoms with Crippen LogP contribution in [0.15, 0.2) is 22.7 Å². The molecule has 0 aliphatic carbocycles. The molecule has 0 saturated heterocycles. The van der Waals surface area contributed by atoms with Crippen molar-refractivity contribution in [3.05, 3.63) is 44.6 Å². The molecule has 0 atom stereocenters. The summed E-state index contributed by atoms with van der Waals surface area (Å²) in [5.74, 6) is 0. The molecule has 0 bridgehead atoms. The van der Waals surface area contributed by atoms with Crippen LogP contribution >= 0.6 is 27.5 Å². The Morgan fingerprint density at radius 1 is 1.50 bits per heavy atom. The highest BCUT2D eigenvalue weighted by molar-refractivity contribution is 9.10. The summed E-state index contributed by atoms with van der Waals surface area (Å²) in [5, 5.41) is 17.4. The van der Waals surface area contributed by atoms with Gasteiger partial charge in [0, 0.05) is 11.5 Å². The first-order valence-corrected chi connectivity index (χ1v) is 7.37. The highest BCUT2D eigenvalue weighted by Crippen LogP contribution is 2.24. The van der Waals surface area contributed by atoms with Gasteiger partial charge in [0.15, 0.2) is 0 Å². The average Bonchev–Trinajstić information content (AvgIpc) is 2.71. The lowest BCUT2D eigenvalue weighted by atomic mass is 10.2. The van der Waals surface area contributed by atoms with Crippen molar-refractivity contribution in [1.82, 2.24) is 9.78 Å². The van der Waals surface area contributed by atoms with Gasteiger partial charge in [-0.25, -0.2) is 0 Å². The van der Waals surface area contributed by atoms with E-state index >= 15 is 0 Å². The third-order valence-corrected chi connectivity index (χ3v) is 3.98. The van der Waals surface area contributed by atoms with Crippen LogP contribution in [0.3, 0.4) is 0 Å². The summed E-state index contributed by atoms with van der Waals surface area (Å²) in [5.41, 5.74) is 3.17. The van der Waals surface area contributed by atoms with Gasteiger partial charge in [-0.15, -0.1) is 0 Å². The number of nitrogens with one attached hydrogen (secondary N) is 1. The lowest BCUT2D eigenvalue weighted by Crippen LogP contribution is -2.07. The zero-order valence-electron chi connectivity index (χ0n) is 11.2. The van der Waals surface area contributed by atoms with E-state index in [-0.39, 0.29) is 0 Å². The summed E-state index contributed by atoms with van der Waals surface area (Å²) in [4.78, 5) is 0. The van der Waals surface area contributed by atoms with Crippen LogP contribution in [-0.2, 0) is 20.0 Å². The zero-order chi connectivity index (χ0) is 14.7. The van der Waals surface area contributed by atoms with Crippen LogP contribution in [0, 0.1) is 11.3 Å². The third kappa shape index (κ3) is 2.97. The molecule has 4 nitrogen and oxygen atoms in total. The second kappa shape index (κ2) is 6.29. The molecule has 0 amide bonds. The van der Waals surface area contributed by atoms with E-state index in [4.69, 9.17) is 16.9 Å². The number of aromatic nitrogens is 2. The van der Waals surface area contributed by atoms with E-state index in [1.165, 1.54) is 0 Å². The number of nitrogens with zero attached hydrogens (tertiary/aromatic N) is 3. The summed E-state index contributed by atoms with van der Waals surface area (Å²) >= 11 is 9.71. The van der Waals surface area contributed by atoms with Crippen LogP contribution in [-0.4, -0.2) is 9.78 Å². The number of nitriles is 1. The lowest BCUT2D eigenvalue weighted by Gasteiger charge is -2.09. The molecule has 1 aromatic heterocycles. The van der Waals surface area contributed by atoms with Gasteiger partial charge >= 0.3 is 0 Å². The van der Waals surface area contributed by atoms with Gasteiger partial charge in [-0.05, 0) is 24.6 Å². The molecule has 2 rings (SSSR count). The van der Waals surface area contributed by atoms with Crippen molar-refractivity contribution >= 4 is 33.2 Å². The number of hydrogen-bond acceptors (Lipinski definition) is 3. The van der Waals surface area contributed by atoms with Crippen molar-refractivity contribution in [3.63, 3.8) is 0 Å². The zero-order valence-corrected chi connectivity index (χ0v) is 13.6. The Morgan fingerprint density at radius 2 is 2.25 bits per heavy atom. The van der Waals surface area contributed by atoms with Gasteiger partial charge in [0.05, 0.1) is 34.2 Å². The first-order valence-electron chi connectivity index (χ1n) is 6.20. The van der Waals surface area contributed by atoms with Gasteiger partial charge in [0.2, 0.25) is 0 Å². The Hall–Kier alpha value is -1.51. The van der Waals surface area contributed by atoms with Gasteiger partial charge in [0.25, 0.3) is 0 Å². The van der Waals surface area contributed by atoms with Gasteiger partial charge in [0.1, 0.15) is 6.07 Å². The van der Waals surface area contributed by atoms with Crippen molar-refractivity contribution in [2.75, 3.05) is 5.32 Å². The number of anilines is 1. The molecule has 1 N–H and O–H groups in total. The van der Waals surface area contributed by atoms with Crippen LogP contribution < -0.4 is 5.32 Å². The van der Waals surface area contributed by atoms with E-state index in [1.54, 1.807) is 10.7 Å². The molecule has 6 heteroatoms. The average molecular weight is 354 g/mol. The lowest BCUT2D eigenvalue weighted by molar-refractivity contribution is 0.707. The molecule has 104 valence electrons. The highest BCUT2D eigenvalue weighted by Gasteiger charge is 2.13. The maximum atomic E-state index is 9.11. The Balaban J connectivity index is 2.23. The van der Waals surface area contributed by atoms with E-state index in [0.717, 1.165) is 28.0 Å². The normalized spacial score (nSPS) is 10.3. The minimum Gasteiger partial charge on any atom is -0.378 e. The van der Waals surface area contributed by atoms with Crippen LogP contribution in [0.5, 0.6) is 0 Å². The maximum absolute atomic E-state index is 9.11. The van der Waals surface area contributed by atoms with Crippen molar-refractivity contribution in [2.24, 2.45) is 7.05 Å². The van der Waals surface area contributed by atoms with E-state index in [0.29, 0.717) is 17.1 Å². The SMILES string of the molecule is CCc1nn(C)c(CNc2cc(Br)ccc2C#N)c1Cl. The fourth-order valence-corrected chi connectivity index (χ4v) is 2.67. The minimum atomic E-state index is 0.521. The molecule has 0 spiro atoms. The molecule has 1 heterocycles. The molecule has 2 aromatic rings. The van der Waals surface area contributed by atoms with E-state index in [2.05, 4.69) is 32.4 Å². The summed E-state index contributed by atoms with van der Waals surface area (Å²) in [7, 11) is 1.87. The molecule has 20 heavy (non-hydrogen) atoms. The fourth-order valence-electron chi connectivity index (χ4n) is 1.95. The Kier molecular flexibility index (Phi) is 4.69. The molecule has 0 unspecified atom stereocenters. The monoisotopic (exact) mass is 352 g/mol. The van der Waals surface area contributed by atoms with Crippen molar-refractivity contribution < 1.29 is 0 Å². The first-order chi connectivity index (χ1) is 9.56. The molecular weight excluding hydrogens is 340 g/mol. The Bertz CT molecular complexity index is 673. The van der Waals surface area contributed by atoms with E-state index < -0.39 is 0 Å². The maximum Gasteiger partial charge on any atom is 0.101 e. The van der Waals surface area contributed by atoms with Gasteiger partial charge in [-0.1, -0.05) is 34.5 Å². The first kappa shape index (κ1) is 14.9. The van der Waals surface area contributed by atoms with Crippen LogP contribution in [0.1, 0.15) is 23.9 Å². The summed E-state index contributed by atoms with van der Waals surface area (Å²) in [6, 6.07) is 7.66. The van der Waals surface area contributed by atoms with Crippen molar-refractivity contribution in [3.8, 4) is 6.07 Å². The number of hydrogen-bond donors (Lipinski definition) is 1. The molecular formula is C14H14BrClN4. The quantitative estimate of drug-likeness (QED) is 0.907. The van der Waals surface area contributed by atoms with E-state index in [9.17, 15) is 0 Å². The van der Waals surface area contributed by atoms with Crippen molar-refractivity contribution in [2.45, 2.75) is 19.9 Å². The predicted molar refractivity (Wildman–Crippen MR) is 83.8 cm³/mol. The molecule has 0 radical (unpaired) electrons. The summed E-state index contributed by atoms with van der Waals surface area (Å²) in [6.45, 7) is 2.54. The van der Waals surface area contributed by atoms with Gasteiger partial charge in [-0.3, -0.25) is 4.68 Å². The van der Waals surface area contributed by atoms with Gasteiger partial charge in [-0.2, -0.15) is 10.4 Å². The second-order valence-corrected chi connectivity index (χ2v) is 5.63. The van der Waals surface area contributed by atoms with E-state index in [1.807, 2.05) is 26.1 Å². The second-order valence-electron chi connectivity index (χ2n) is 4.34. The molecule has 0 fully saturated rings. The van der Waals surface area contributed by atoms with Crippen molar-refractivity contribution in [1.29, 1.82) is 5.26 Å². The fraction of sp³-hybridized carbons (Fsp3) is 0.286. The molecule has 0 saturated carbocycles. The Labute approximate surface area is 131 Å². The standard InChI is InChI=1S/C14H14BrClN4/c1-3-11-14(16)13(20(2)19-11)8-18-12-6-10(15)5-4-9(12)7-17/h4-6,18H,3,8H2,1-2H3. The molecule has 0 aliphatic rings. The minimum absolute atomic E-state index is 0.521. The smallest absolute Gasteiger partial charge is 0.101 e. The van der Waals surface area contributed by atoms with Crippen LogP contribution in [0.4, 0.5) is 5.69 Å². The summed E-state index contributed by atoms with van der Waals surface area (Å²) in [6.07, 6.45) is 0.799. The third-order valence-electron chi connectivity index (χ3n) is 3.05. The number of rotatable bonds is 4. The molecule has 1 aromatic carbocycles. The largest absolute Gasteiger partial charge is 0.378 e. The number of halogens is 2. The predicted octanol–water partition coefficient (Wildman–Crippen LogP) is 3.88. The van der Waals surface area contributed by atoms with Crippen LogP contribution in [0.25, 0.3) is 0 Å². The van der Waals surface area contributed by atoms with Gasteiger partial charge < -0.3 is 5.32 Å². The summed E-state index contributed by atoms with van der Waals surface area (Å²) < 4.78 is 2.70. The Morgan fingerprint density at radius 3 is 2.85 bits per heavy atom. The molecule has 0 aliphatic heterocycles. The number of aryl methyl sites for hydroxylation is 2. The topological polar surface area (TPSA) is 53.6 Å². The number of benzene rings is 1.